The number of ether oxygens (including phenoxy) is 3. The Labute approximate surface area is 294 Å². The highest BCUT2D eigenvalue weighted by molar-refractivity contribution is 8.15. The van der Waals surface area contributed by atoms with Crippen LogP contribution in [0.15, 0.2) is 82.7 Å². The molecule has 0 radical (unpaired) electrons. The van der Waals surface area contributed by atoms with E-state index in [0.29, 0.717) is 30.4 Å². The fourth-order valence-electron chi connectivity index (χ4n) is 6.77. The molecule has 2 atom stereocenters. The number of benzene rings is 3. The van der Waals surface area contributed by atoms with Crippen LogP contribution in [0.4, 0.5) is 0 Å². The van der Waals surface area contributed by atoms with Crippen LogP contribution < -0.4 is 14.7 Å². The molecular formula is C37H46N2O7S2Si. The molecule has 0 bridgehead atoms. The zero-order chi connectivity index (χ0) is 35.8. The Morgan fingerprint density at radius 3 is 2.22 bits per heavy atom. The number of esters is 1. The van der Waals surface area contributed by atoms with E-state index in [1.807, 2.05) is 31.2 Å². The van der Waals surface area contributed by atoms with Crippen molar-refractivity contribution >= 4 is 57.0 Å². The number of aromatic amines is 1. The van der Waals surface area contributed by atoms with Crippen LogP contribution in [0.25, 0.3) is 10.9 Å². The number of nitrogens with one attached hydrogen (secondary N) is 1. The molecule has 262 valence electrons. The SMILES string of the molecule is CC(=O)OC1CN=C(c2cc3cc(Oc4ccc(S(C)(=O)=O)cc4)cc(OC(C)CO[Si](c4ccccc4)(C(C)(C)C)C(C)(C)C)c3[nH]2)S1. The minimum Gasteiger partial charge on any atom is -0.486 e. The van der Waals surface area contributed by atoms with E-state index in [9.17, 15) is 13.2 Å². The van der Waals surface area contributed by atoms with Crippen LogP contribution in [-0.2, 0) is 23.8 Å². The molecule has 0 aliphatic carbocycles. The monoisotopic (exact) mass is 722 g/mol. The zero-order valence-corrected chi connectivity index (χ0v) is 32.3. The van der Waals surface area contributed by atoms with Crippen molar-refractivity contribution in [1.29, 1.82) is 0 Å². The molecule has 2 heterocycles. The van der Waals surface area contributed by atoms with Gasteiger partial charge in [0.15, 0.2) is 15.3 Å². The summed E-state index contributed by atoms with van der Waals surface area (Å²) >= 11 is 1.39. The van der Waals surface area contributed by atoms with Crippen molar-refractivity contribution in [2.24, 2.45) is 4.99 Å². The van der Waals surface area contributed by atoms with E-state index in [4.69, 9.17) is 18.6 Å². The van der Waals surface area contributed by atoms with Gasteiger partial charge < -0.3 is 23.6 Å². The van der Waals surface area contributed by atoms with E-state index in [0.717, 1.165) is 21.6 Å². The Morgan fingerprint density at radius 2 is 1.63 bits per heavy atom. The van der Waals surface area contributed by atoms with Crippen molar-refractivity contribution in [3.05, 3.63) is 78.5 Å². The van der Waals surface area contributed by atoms with Gasteiger partial charge in [-0.25, -0.2) is 8.42 Å². The van der Waals surface area contributed by atoms with E-state index < -0.39 is 18.2 Å². The zero-order valence-electron chi connectivity index (χ0n) is 29.6. The van der Waals surface area contributed by atoms with Gasteiger partial charge in [0.2, 0.25) is 8.32 Å². The highest BCUT2D eigenvalue weighted by atomic mass is 32.2. The summed E-state index contributed by atoms with van der Waals surface area (Å²) < 4.78 is 49.4. The van der Waals surface area contributed by atoms with E-state index >= 15 is 0 Å². The normalized spacial score (nSPS) is 16.3. The average Bonchev–Trinajstić information content (AvgIpc) is 3.63. The average molecular weight is 723 g/mol. The van der Waals surface area contributed by atoms with E-state index in [-0.39, 0.29) is 32.5 Å². The van der Waals surface area contributed by atoms with Gasteiger partial charge in [0.25, 0.3) is 0 Å². The minimum atomic E-state index is -3.34. The molecule has 49 heavy (non-hydrogen) atoms. The first kappa shape index (κ1) is 36.7. The summed E-state index contributed by atoms with van der Waals surface area (Å²) in [4.78, 5) is 19.8. The summed E-state index contributed by atoms with van der Waals surface area (Å²) in [5, 5.41) is 2.59. The number of carbonyl (C=O) groups excluding carboxylic acids is 1. The van der Waals surface area contributed by atoms with Crippen molar-refractivity contribution in [3.63, 3.8) is 0 Å². The third-order valence-corrected chi connectivity index (χ3v) is 16.6. The van der Waals surface area contributed by atoms with Gasteiger partial charge in [-0.1, -0.05) is 83.6 Å². The second-order valence-corrected chi connectivity index (χ2v) is 22.9. The molecule has 2 unspecified atom stereocenters. The third kappa shape index (κ3) is 8.09. The molecule has 3 aromatic carbocycles. The molecule has 4 aromatic rings. The van der Waals surface area contributed by atoms with Gasteiger partial charge in [0.05, 0.1) is 29.3 Å². The van der Waals surface area contributed by atoms with Crippen molar-refractivity contribution in [2.45, 2.75) is 81.9 Å². The molecule has 0 amide bonds. The molecule has 0 spiro atoms. The lowest BCUT2D eigenvalue weighted by molar-refractivity contribution is -0.141. The van der Waals surface area contributed by atoms with Crippen LogP contribution in [-0.4, -0.2) is 63.7 Å². The standard InChI is InChI=1S/C37H46N2O7S2Si/c1-24(23-43-49(36(3,4)5,37(6,7)8)30-13-11-10-12-14-30)44-32-21-28(46-27-15-17-29(18-16-27)48(9,41)42)19-26-20-31(39-34(26)32)35-38-22-33(47-35)45-25(2)40/h10-21,24,33,39H,22-23H2,1-9H3. The molecule has 0 saturated heterocycles. The van der Waals surface area contributed by atoms with Gasteiger partial charge in [-0.3, -0.25) is 9.79 Å². The van der Waals surface area contributed by atoms with Crippen LogP contribution in [0.2, 0.25) is 10.1 Å². The number of hydrogen-bond donors (Lipinski definition) is 1. The molecule has 1 aliphatic rings. The number of aromatic nitrogens is 1. The molecule has 1 aliphatic heterocycles. The second-order valence-electron chi connectivity index (χ2n) is 14.5. The Morgan fingerprint density at radius 1 is 0.980 bits per heavy atom. The quantitative estimate of drug-likeness (QED) is 0.122. The van der Waals surface area contributed by atoms with Crippen molar-refractivity contribution < 1.29 is 31.8 Å². The van der Waals surface area contributed by atoms with Gasteiger partial charge >= 0.3 is 5.97 Å². The number of thioether (sulfide) groups is 1. The largest absolute Gasteiger partial charge is 0.486 e. The predicted molar refractivity (Wildman–Crippen MR) is 200 cm³/mol. The van der Waals surface area contributed by atoms with Crippen LogP contribution >= 0.6 is 11.8 Å². The summed E-state index contributed by atoms with van der Waals surface area (Å²) in [5.41, 5.74) is 1.16. The van der Waals surface area contributed by atoms with E-state index in [2.05, 4.69) is 75.8 Å². The Kier molecular flexibility index (Phi) is 10.5. The maximum Gasteiger partial charge on any atom is 0.303 e. The molecular weight excluding hydrogens is 677 g/mol. The maximum absolute atomic E-state index is 12.0. The van der Waals surface area contributed by atoms with Crippen LogP contribution in [0, 0.1) is 0 Å². The maximum atomic E-state index is 12.0. The highest BCUT2D eigenvalue weighted by Crippen LogP contribution is 2.51. The number of hydrogen-bond acceptors (Lipinski definition) is 9. The first-order valence-electron chi connectivity index (χ1n) is 16.3. The number of aliphatic imine (C=N–C) groups is 1. The number of rotatable bonds is 11. The lowest BCUT2D eigenvalue weighted by Gasteiger charge is -2.51. The van der Waals surface area contributed by atoms with Crippen LogP contribution in [0.5, 0.6) is 17.2 Å². The summed E-state index contributed by atoms with van der Waals surface area (Å²) in [5.74, 6) is 1.23. The lowest BCUT2D eigenvalue weighted by atomic mass is 10.2. The molecule has 0 fully saturated rings. The number of fused-ring (bicyclic) bond motifs is 1. The minimum absolute atomic E-state index is 0.113. The number of nitrogens with zero attached hydrogens (tertiary/aromatic N) is 1. The first-order chi connectivity index (χ1) is 22.9. The molecule has 5 rings (SSSR count). The Hall–Kier alpha value is -3.58. The summed E-state index contributed by atoms with van der Waals surface area (Å²) in [6.45, 7) is 17.8. The summed E-state index contributed by atoms with van der Waals surface area (Å²) in [7, 11) is -5.97. The van der Waals surface area contributed by atoms with Crippen molar-refractivity contribution in [1.82, 2.24) is 4.98 Å². The van der Waals surface area contributed by atoms with Gasteiger partial charge in [-0.2, -0.15) is 0 Å². The van der Waals surface area contributed by atoms with Gasteiger partial charge in [-0.15, -0.1) is 0 Å². The fraction of sp³-hybridized carbons (Fsp3) is 0.405. The lowest BCUT2D eigenvalue weighted by Crippen LogP contribution is -2.64. The predicted octanol–water partition coefficient (Wildman–Crippen LogP) is 7.98. The molecule has 12 heteroatoms. The first-order valence-corrected chi connectivity index (χ1v) is 20.9. The smallest absolute Gasteiger partial charge is 0.303 e. The number of carbonyl (C=O) groups is 1. The van der Waals surface area contributed by atoms with Crippen molar-refractivity contribution in [2.75, 3.05) is 19.4 Å². The number of H-pyrrole nitrogens is 1. The van der Waals surface area contributed by atoms with Crippen LogP contribution in [0.3, 0.4) is 0 Å². The summed E-state index contributed by atoms with van der Waals surface area (Å²) in [6.07, 6.45) is 0.844. The van der Waals surface area contributed by atoms with Crippen LogP contribution in [0.1, 0.15) is 61.1 Å². The number of sulfone groups is 1. The molecule has 1 aromatic heterocycles. The van der Waals surface area contributed by atoms with Gasteiger partial charge in [-0.05, 0) is 58.6 Å². The van der Waals surface area contributed by atoms with Gasteiger partial charge in [0.1, 0.15) is 28.4 Å². The summed E-state index contributed by atoms with van der Waals surface area (Å²) in [6, 6.07) is 22.6. The molecule has 0 saturated carbocycles. The van der Waals surface area contributed by atoms with Crippen molar-refractivity contribution in [3.8, 4) is 17.2 Å². The Bertz CT molecular complexity index is 1930. The topological polar surface area (TPSA) is 116 Å². The fourth-order valence-corrected chi connectivity index (χ4v) is 14.5. The van der Waals surface area contributed by atoms with E-state index in [1.54, 1.807) is 12.1 Å². The highest BCUT2D eigenvalue weighted by Gasteiger charge is 2.56. The molecule has 1 N–H and O–H groups in total. The second kappa shape index (κ2) is 14.0. The molecule has 9 nitrogen and oxygen atoms in total. The van der Waals surface area contributed by atoms with Gasteiger partial charge in [0, 0.05) is 24.6 Å². The third-order valence-electron chi connectivity index (χ3n) is 8.46. The Balaban J connectivity index is 1.47. The van der Waals surface area contributed by atoms with E-state index in [1.165, 1.54) is 42.3 Å².